The lowest BCUT2D eigenvalue weighted by atomic mass is 10.00. The molecule has 0 radical (unpaired) electrons. The molecule has 0 saturated carbocycles. The van der Waals surface area contributed by atoms with E-state index in [1.165, 1.54) is 11.1 Å². The molecule has 0 spiro atoms. The molecule has 0 aliphatic heterocycles. The van der Waals surface area contributed by atoms with E-state index in [4.69, 9.17) is 0 Å². The minimum atomic E-state index is 0.111. The highest BCUT2D eigenvalue weighted by atomic mass is 79.9. The zero-order chi connectivity index (χ0) is 12.5. The normalized spacial score (nSPS) is 12.0. The largest absolute Gasteiger partial charge is 0.357 e. The van der Waals surface area contributed by atoms with Crippen molar-refractivity contribution in [2.24, 2.45) is 0 Å². The highest BCUT2D eigenvalue weighted by Gasteiger charge is 2.17. The van der Waals surface area contributed by atoms with Gasteiger partial charge in [-0.05, 0) is 38.5 Å². The van der Waals surface area contributed by atoms with E-state index in [1.807, 2.05) is 12.1 Å². The Bertz CT molecular complexity index is 519. The fourth-order valence-corrected chi connectivity index (χ4v) is 3.53. The van der Waals surface area contributed by atoms with Gasteiger partial charge in [-0.3, -0.25) is 0 Å². The number of rotatable bonds is 4. The first-order valence-corrected chi connectivity index (χ1v) is 7.45. The van der Waals surface area contributed by atoms with Crippen molar-refractivity contribution in [3.8, 4) is 0 Å². The van der Waals surface area contributed by atoms with E-state index in [-0.39, 0.29) is 5.54 Å². The van der Waals surface area contributed by atoms with E-state index in [2.05, 4.69) is 53.1 Å². The van der Waals surface area contributed by atoms with Crippen LogP contribution in [0.4, 0.5) is 5.13 Å². The highest BCUT2D eigenvalue weighted by molar-refractivity contribution is 9.10. The van der Waals surface area contributed by atoms with Gasteiger partial charge in [0, 0.05) is 10.0 Å². The van der Waals surface area contributed by atoms with Crippen LogP contribution in [-0.2, 0) is 0 Å². The Balaban J connectivity index is 2.25. The first kappa shape index (κ1) is 12.8. The average molecular weight is 313 g/mol. The minimum Gasteiger partial charge on any atom is -0.357 e. The zero-order valence-electron chi connectivity index (χ0n) is 10.4. The molecule has 4 heteroatoms. The maximum atomic E-state index is 4.61. The first-order chi connectivity index (χ1) is 8.00. The number of nitrogens with one attached hydrogen (secondary N) is 1. The lowest BCUT2D eigenvalue weighted by Gasteiger charge is -2.25. The van der Waals surface area contributed by atoms with Gasteiger partial charge in [-0.15, -0.1) is 0 Å². The van der Waals surface area contributed by atoms with Crippen LogP contribution in [0.25, 0.3) is 10.2 Å². The van der Waals surface area contributed by atoms with E-state index >= 15 is 0 Å². The zero-order valence-corrected chi connectivity index (χ0v) is 12.8. The quantitative estimate of drug-likeness (QED) is 0.854. The number of nitrogens with zero attached hydrogens (tertiary/aromatic N) is 1. The molecule has 0 amide bonds. The fraction of sp³-hybridized carbons (Fsp3) is 0.462. The molecule has 0 bridgehead atoms. The van der Waals surface area contributed by atoms with Crippen molar-refractivity contribution in [2.75, 3.05) is 5.32 Å². The molecule has 17 heavy (non-hydrogen) atoms. The predicted octanol–water partition coefficient (Wildman–Crippen LogP) is 5.05. The highest BCUT2D eigenvalue weighted by Crippen LogP contribution is 2.30. The summed E-state index contributed by atoms with van der Waals surface area (Å²) in [6.07, 6.45) is 2.32. The molecule has 2 nitrogen and oxygen atoms in total. The summed E-state index contributed by atoms with van der Waals surface area (Å²) in [5.74, 6) is 0. The Hall–Kier alpha value is -0.610. The molecule has 0 aliphatic carbocycles. The Labute approximate surface area is 115 Å². The van der Waals surface area contributed by atoms with Crippen LogP contribution in [0.3, 0.4) is 0 Å². The Morgan fingerprint density at radius 3 is 2.88 bits per heavy atom. The van der Waals surface area contributed by atoms with Gasteiger partial charge in [0.25, 0.3) is 0 Å². The number of fused-ring (bicyclic) bond motifs is 1. The SMILES string of the molecule is CCCC(C)(C)Nc1nc2ccc(Br)cc2s1. The number of hydrogen-bond acceptors (Lipinski definition) is 3. The van der Waals surface area contributed by atoms with E-state index in [9.17, 15) is 0 Å². The van der Waals surface area contributed by atoms with Crippen LogP contribution in [0.2, 0.25) is 0 Å². The second-order valence-electron chi connectivity index (χ2n) is 4.89. The lowest BCUT2D eigenvalue weighted by molar-refractivity contribution is 0.511. The molecular formula is C13H17BrN2S. The van der Waals surface area contributed by atoms with Crippen molar-refractivity contribution in [1.82, 2.24) is 4.98 Å². The molecule has 0 aliphatic rings. The number of halogens is 1. The second kappa shape index (κ2) is 4.94. The molecule has 0 unspecified atom stereocenters. The van der Waals surface area contributed by atoms with Gasteiger partial charge in [0.1, 0.15) is 0 Å². The molecule has 2 aromatic rings. The van der Waals surface area contributed by atoms with Gasteiger partial charge in [-0.1, -0.05) is 40.6 Å². The van der Waals surface area contributed by atoms with Gasteiger partial charge in [0.2, 0.25) is 0 Å². The Morgan fingerprint density at radius 1 is 1.41 bits per heavy atom. The smallest absolute Gasteiger partial charge is 0.184 e. The average Bonchev–Trinajstić information content (AvgIpc) is 2.57. The van der Waals surface area contributed by atoms with Gasteiger partial charge in [-0.2, -0.15) is 0 Å². The summed E-state index contributed by atoms with van der Waals surface area (Å²) in [6.45, 7) is 6.65. The van der Waals surface area contributed by atoms with Gasteiger partial charge < -0.3 is 5.32 Å². The summed E-state index contributed by atoms with van der Waals surface area (Å²) in [5, 5.41) is 4.53. The maximum absolute atomic E-state index is 4.61. The van der Waals surface area contributed by atoms with Gasteiger partial charge >= 0.3 is 0 Å². The summed E-state index contributed by atoms with van der Waals surface area (Å²) in [6, 6.07) is 6.20. The molecule has 0 saturated heterocycles. The monoisotopic (exact) mass is 312 g/mol. The Morgan fingerprint density at radius 2 is 2.18 bits per heavy atom. The van der Waals surface area contributed by atoms with Crippen molar-refractivity contribution in [3.05, 3.63) is 22.7 Å². The van der Waals surface area contributed by atoms with Crippen LogP contribution in [0.1, 0.15) is 33.6 Å². The fourth-order valence-electron chi connectivity index (χ4n) is 1.93. The van der Waals surface area contributed by atoms with E-state index in [1.54, 1.807) is 11.3 Å². The first-order valence-electron chi connectivity index (χ1n) is 5.84. The van der Waals surface area contributed by atoms with Crippen LogP contribution < -0.4 is 5.32 Å². The van der Waals surface area contributed by atoms with Crippen molar-refractivity contribution in [2.45, 2.75) is 39.2 Å². The molecule has 1 aromatic carbocycles. The van der Waals surface area contributed by atoms with Gasteiger partial charge in [-0.25, -0.2) is 4.98 Å². The van der Waals surface area contributed by atoms with E-state index in [0.29, 0.717) is 0 Å². The van der Waals surface area contributed by atoms with E-state index < -0.39 is 0 Å². The number of benzene rings is 1. The topological polar surface area (TPSA) is 24.9 Å². The third-order valence-electron chi connectivity index (χ3n) is 2.67. The molecule has 1 N–H and O–H groups in total. The van der Waals surface area contributed by atoms with Crippen molar-refractivity contribution < 1.29 is 0 Å². The molecule has 0 fully saturated rings. The number of hydrogen-bond donors (Lipinski definition) is 1. The summed E-state index contributed by atoms with van der Waals surface area (Å²) >= 11 is 5.20. The van der Waals surface area contributed by atoms with Crippen LogP contribution in [0.15, 0.2) is 22.7 Å². The maximum Gasteiger partial charge on any atom is 0.184 e. The summed E-state index contributed by atoms with van der Waals surface area (Å²) in [4.78, 5) is 4.61. The standard InChI is InChI=1S/C13H17BrN2S/c1-4-7-13(2,3)16-12-15-10-6-5-9(14)8-11(10)17-12/h5-6,8H,4,7H2,1-3H3,(H,15,16). The molecule has 1 aromatic heterocycles. The third kappa shape index (κ3) is 3.19. The van der Waals surface area contributed by atoms with Crippen LogP contribution >= 0.6 is 27.3 Å². The lowest BCUT2D eigenvalue weighted by Crippen LogP contribution is -2.30. The van der Waals surface area contributed by atoms with Crippen molar-refractivity contribution in [1.29, 1.82) is 0 Å². The van der Waals surface area contributed by atoms with Crippen LogP contribution in [0.5, 0.6) is 0 Å². The minimum absolute atomic E-state index is 0.111. The van der Waals surface area contributed by atoms with Gasteiger partial charge in [0.05, 0.1) is 10.2 Å². The number of aromatic nitrogens is 1. The third-order valence-corrected chi connectivity index (χ3v) is 4.10. The second-order valence-corrected chi connectivity index (χ2v) is 6.84. The summed E-state index contributed by atoms with van der Waals surface area (Å²) in [5.41, 5.74) is 1.17. The molecule has 1 heterocycles. The van der Waals surface area contributed by atoms with Crippen LogP contribution in [0, 0.1) is 0 Å². The summed E-state index contributed by atoms with van der Waals surface area (Å²) in [7, 11) is 0. The summed E-state index contributed by atoms with van der Waals surface area (Å²) < 4.78 is 2.32. The van der Waals surface area contributed by atoms with E-state index in [0.717, 1.165) is 21.5 Å². The predicted molar refractivity (Wildman–Crippen MR) is 79.9 cm³/mol. The number of thiazole rings is 1. The van der Waals surface area contributed by atoms with Crippen molar-refractivity contribution >= 4 is 42.6 Å². The molecule has 0 atom stereocenters. The van der Waals surface area contributed by atoms with Crippen molar-refractivity contribution in [3.63, 3.8) is 0 Å². The van der Waals surface area contributed by atoms with Crippen LogP contribution in [-0.4, -0.2) is 10.5 Å². The Kier molecular flexibility index (Phi) is 3.73. The van der Waals surface area contributed by atoms with Gasteiger partial charge in [0.15, 0.2) is 5.13 Å². The molecule has 92 valence electrons. The molecular weight excluding hydrogens is 296 g/mol. The number of anilines is 1. The molecule has 2 rings (SSSR count).